The predicted octanol–water partition coefficient (Wildman–Crippen LogP) is 3.91. The number of halogens is 2. The molecule has 0 aliphatic heterocycles. The second kappa shape index (κ2) is 9.83. The van der Waals surface area contributed by atoms with Crippen LogP contribution in [0.25, 0.3) is 0 Å². The molecule has 0 radical (unpaired) electrons. The van der Waals surface area contributed by atoms with Crippen LogP contribution in [-0.2, 0) is 4.84 Å². The lowest BCUT2D eigenvalue weighted by Gasteiger charge is -2.09. The van der Waals surface area contributed by atoms with E-state index in [1.165, 1.54) is 13.2 Å². The van der Waals surface area contributed by atoms with Crippen LogP contribution >= 0.6 is 23.2 Å². The second-order valence-corrected chi connectivity index (χ2v) is 6.38. The molecule has 1 heterocycles. The highest BCUT2D eigenvalue weighted by atomic mass is 35.5. The normalized spacial score (nSPS) is 10.2. The van der Waals surface area contributed by atoms with Gasteiger partial charge in [0.1, 0.15) is 12.1 Å². The molecule has 30 heavy (non-hydrogen) atoms. The Balaban J connectivity index is 1.59. The summed E-state index contributed by atoms with van der Waals surface area (Å²) in [6.45, 7) is 0. The zero-order chi connectivity index (χ0) is 21.5. The largest absolute Gasteiger partial charge is 0.424 e. The number of hydrogen-bond acceptors (Lipinski definition) is 7. The fourth-order valence-electron chi connectivity index (χ4n) is 2.16. The number of carbonyl (C=O) groups excluding carboxylic acids is 2. The SMILES string of the molecule is CONC(=O)c1ncnc(Oc2ccc(NC(=O)Nc3ccc(Cl)c(Cl)c3)cc2)n1. The standard InChI is InChI=1S/C18H14Cl2N6O4/c1-29-26-16(27)15-21-9-22-18(25-15)30-12-5-2-10(3-6-12)23-17(28)24-11-4-7-13(19)14(20)8-11/h2-9H,1H3,(H,26,27)(H2,23,24,28). The number of urea groups is 1. The van der Waals surface area contributed by atoms with Crippen LogP contribution in [-0.4, -0.2) is 34.0 Å². The lowest BCUT2D eigenvalue weighted by molar-refractivity contribution is 0.0525. The summed E-state index contributed by atoms with van der Waals surface area (Å²) in [5.41, 5.74) is 3.10. The number of carbonyl (C=O) groups is 2. The van der Waals surface area contributed by atoms with Crippen LogP contribution in [0.2, 0.25) is 10.0 Å². The minimum absolute atomic E-state index is 0.0793. The van der Waals surface area contributed by atoms with E-state index in [-0.39, 0.29) is 11.8 Å². The highest BCUT2D eigenvalue weighted by Crippen LogP contribution is 2.25. The van der Waals surface area contributed by atoms with Crippen molar-refractivity contribution in [2.45, 2.75) is 0 Å². The topological polar surface area (TPSA) is 127 Å². The van der Waals surface area contributed by atoms with Crippen LogP contribution in [0.15, 0.2) is 48.8 Å². The van der Waals surface area contributed by atoms with Gasteiger partial charge in [-0.15, -0.1) is 0 Å². The summed E-state index contributed by atoms with van der Waals surface area (Å²) in [6.07, 6.45) is 1.14. The Kier molecular flexibility index (Phi) is 6.96. The van der Waals surface area contributed by atoms with Gasteiger partial charge in [-0.3, -0.25) is 9.63 Å². The Bertz CT molecular complexity index is 1060. The molecule has 0 aliphatic carbocycles. The van der Waals surface area contributed by atoms with Crippen molar-refractivity contribution in [1.82, 2.24) is 20.4 Å². The zero-order valence-electron chi connectivity index (χ0n) is 15.3. The molecule has 0 atom stereocenters. The Labute approximate surface area is 180 Å². The number of hydroxylamine groups is 1. The van der Waals surface area contributed by atoms with Gasteiger partial charge in [-0.2, -0.15) is 9.97 Å². The van der Waals surface area contributed by atoms with E-state index >= 15 is 0 Å². The number of nitrogens with one attached hydrogen (secondary N) is 3. The molecule has 0 spiro atoms. The average molecular weight is 449 g/mol. The lowest BCUT2D eigenvalue weighted by Crippen LogP contribution is -2.24. The number of benzene rings is 2. The van der Waals surface area contributed by atoms with E-state index in [1.807, 2.05) is 0 Å². The first kappa shape index (κ1) is 21.2. The minimum atomic E-state index is -0.641. The van der Waals surface area contributed by atoms with Gasteiger partial charge in [0.05, 0.1) is 17.2 Å². The van der Waals surface area contributed by atoms with Crippen molar-refractivity contribution in [1.29, 1.82) is 0 Å². The van der Waals surface area contributed by atoms with E-state index in [2.05, 4.69) is 35.9 Å². The highest BCUT2D eigenvalue weighted by molar-refractivity contribution is 6.42. The van der Waals surface area contributed by atoms with Crippen LogP contribution in [0, 0.1) is 0 Å². The summed E-state index contributed by atoms with van der Waals surface area (Å²) in [5.74, 6) is -0.425. The monoisotopic (exact) mass is 448 g/mol. The van der Waals surface area contributed by atoms with Gasteiger partial charge in [0.25, 0.3) is 0 Å². The van der Waals surface area contributed by atoms with Crippen molar-refractivity contribution >= 4 is 46.5 Å². The van der Waals surface area contributed by atoms with Gasteiger partial charge in [-0.25, -0.2) is 15.3 Å². The van der Waals surface area contributed by atoms with Gasteiger partial charge in [0.2, 0.25) is 5.82 Å². The van der Waals surface area contributed by atoms with Crippen molar-refractivity contribution in [2.75, 3.05) is 17.7 Å². The van der Waals surface area contributed by atoms with Gasteiger partial charge in [-0.1, -0.05) is 23.2 Å². The molecule has 0 aliphatic rings. The third-order valence-electron chi connectivity index (χ3n) is 3.45. The predicted molar refractivity (Wildman–Crippen MR) is 110 cm³/mol. The minimum Gasteiger partial charge on any atom is -0.424 e. The number of amides is 3. The summed E-state index contributed by atoms with van der Waals surface area (Å²) in [6, 6.07) is 10.6. The summed E-state index contributed by atoms with van der Waals surface area (Å²) in [7, 11) is 1.29. The first-order valence-electron chi connectivity index (χ1n) is 8.28. The first-order valence-corrected chi connectivity index (χ1v) is 9.03. The summed E-state index contributed by atoms with van der Waals surface area (Å²) < 4.78 is 5.49. The van der Waals surface area contributed by atoms with Gasteiger partial charge in [0, 0.05) is 11.4 Å². The fourth-order valence-corrected chi connectivity index (χ4v) is 2.46. The molecule has 12 heteroatoms. The molecule has 3 amide bonds. The van der Waals surface area contributed by atoms with E-state index in [9.17, 15) is 9.59 Å². The molecule has 1 aromatic heterocycles. The second-order valence-electron chi connectivity index (χ2n) is 5.56. The van der Waals surface area contributed by atoms with Crippen molar-refractivity contribution < 1.29 is 19.2 Å². The van der Waals surface area contributed by atoms with E-state index in [1.54, 1.807) is 36.4 Å². The van der Waals surface area contributed by atoms with Crippen LogP contribution < -0.4 is 20.9 Å². The van der Waals surface area contributed by atoms with Gasteiger partial charge < -0.3 is 15.4 Å². The van der Waals surface area contributed by atoms with Crippen LogP contribution in [0.1, 0.15) is 10.6 Å². The molecular formula is C18H14Cl2N6O4. The molecule has 2 aromatic carbocycles. The first-order chi connectivity index (χ1) is 14.4. The van der Waals surface area contributed by atoms with E-state index in [4.69, 9.17) is 27.9 Å². The third-order valence-corrected chi connectivity index (χ3v) is 4.19. The maximum atomic E-state index is 12.1. The molecule has 154 valence electrons. The molecule has 10 nitrogen and oxygen atoms in total. The Morgan fingerprint density at radius 2 is 1.63 bits per heavy atom. The van der Waals surface area contributed by atoms with Crippen LogP contribution in [0.5, 0.6) is 11.8 Å². The van der Waals surface area contributed by atoms with Crippen molar-refractivity contribution in [3.05, 3.63) is 64.7 Å². The van der Waals surface area contributed by atoms with E-state index in [0.29, 0.717) is 27.2 Å². The molecule has 3 aromatic rings. The number of aromatic nitrogens is 3. The Morgan fingerprint density at radius 3 is 2.33 bits per heavy atom. The molecule has 0 saturated heterocycles. The fraction of sp³-hybridized carbons (Fsp3) is 0.0556. The average Bonchev–Trinajstić information content (AvgIpc) is 2.72. The van der Waals surface area contributed by atoms with Crippen molar-refractivity contribution in [3.63, 3.8) is 0 Å². The highest BCUT2D eigenvalue weighted by Gasteiger charge is 2.11. The molecular weight excluding hydrogens is 435 g/mol. The molecule has 0 saturated carbocycles. The van der Waals surface area contributed by atoms with Crippen molar-refractivity contribution in [2.24, 2.45) is 0 Å². The van der Waals surface area contributed by atoms with E-state index in [0.717, 1.165) is 6.33 Å². The zero-order valence-corrected chi connectivity index (χ0v) is 16.9. The number of hydrogen-bond donors (Lipinski definition) is 3. The number of anilines is 2. The van der Waals surface area contributed by atoms with E-state index < -0.39 is 11.9 Å². The van der Waals surface area contributed by atoms with Crippen molar-refractivity contribution in [3.8, 4) is 11.8 Å². The molecule has 0 bridgehead atoms. The van der Waals surface area contributed by atoms with Crippen LogP contribution in [0.4, 0.5) is 16.2 Å². The summed E-state index contributed by atoms with van der Waals surface area (Å²) in [4.78, 5) is 39.7. The van der Waals surface area contributed by atoms with Crippen LogP contribution in [0.3, 0.4) is 0 Å². The summed E-state index contributed by atoms with van der Waals surface area (Å²) in [5, 5.41) is 6.03. The smallest absolute Gasteiger partial charge is 0.325 e. The number of rotatable bonds is 6. The lowest BCUT2D eigenvalue weighted by atomic mass is 10.3. The third kappa shape index (κ3) is 5.77. The molecule has 0 fully saturated rings. The number of nitrogens with zero attached hydrogens (tertiary/aromatic N) is 3. The molecule has 3 N–H and O–H groups in total. The molecule has 3 rings (SSSR count). The van der Waals surface area contributed by atoms with Gasteiger partial charge in [-0.05, 0) is 42.5 Å². The maximum Gasteiger partial charge on any atom is 0.325 e. The van der Waals surface area contributed by atoms with Gasteiger partial charge >= 0.3 is 17.9 Å². The summed E-state index contributed by atoms with van der Waals surface area (Å²) >= 11 is 11.8. The Hall–Kier alpha value is -3.47. The molecule has 0 unspecified atom stereocenters. The maximum absolute atomic E-state index is 12.1. The Morgan fingerprint density at radius 1 is 0.933 bits per heavy atom. The number of ether oxygens (including phenoxy) is 1. The van der Waals surface area contributed by atoms with Gasteiger partial charge in [0.15, 0.2) is 0 Å². The quantitative estimate of drug-likeness (QED) is 0.487.